The van der Waals surface area contributed by atoms with E-state index >= 15 is 0 Å². The smallest absolute Gasteiger partial charge is 0.0157 e. The summed E-state index contributed by atoms with van der Waals surface area (Å²) in [6.07, 6.45) is 7.11. The predicted molar refractivity (Wildman–Crippen MR) is 71.2 cm³/mol. The van der Waals surface area contributed by atoms with Gasteiger partial charge in [-0.2, -0.15) is 0 Å². The van der Waals surface area contributed by atoms with E-state index in [1.807, 2.05) is 0 Å². The molecule has 1 aliphatic rings. The molecule has 0 aliphatic heterocycles. The molecule has 0 bridgehead atoms. The average molecular weight is 216 g/mol. The highest BCUT2D eigenvalue weighted by Crippen LogP contribution is 2.37. The van der Waals surface area contributed by atoms with Crippen molar-refractivity contribution in [3.05, 3.63) is 33.9 Å². The summed E-state index contributed by atoms with van der Waals surface area (Å²) in [4.78, 5) is 0. The van der Waals surface area contributed by atoms with E-state index in [1.54, 1.807) is 16.7 Å². The largest absolute Gasteiger partial charge is 0.0558 e. The number of hydrogen-bond donors (Lipinski definition) is 0. The van der Waals surface area contributed by atoms with E-state index in [2.05, 4.69) is 33.8 Å². The standard InChI is InChI=1S/C16H24/c1-11-10-12(2)14(4)16(13(11)3)15-8-6-5-7-9-15/h10,15H,5-9H2,1-4H3. The van der Waals surface area contributed by atoms with Gasteiger partial charge in [-0.15, -0.1) is 0 Å². The highest BCUT2D eigenvalue weighted by atomic mass is 14.3. The molecule has 0 heteroatoms. The van der Waals surface area contributed by atoms with Crippen molar-refractivity contribution >= 4 is 0 Å². The Hall–Kier alpha value is -0.780. The third-order valence-electron chi connectivity index (χ3n) is 4.44. The molecule has 0 saturated heterocycles. The summed E-state index contributed by atoms with van der Waals surface area (Å²) in [6, 6.07) is 2.34. The molecular weight excluding hydrogens is 192 g/mol. The molecule has 2 rings (SSSR count). The van der Waals surface area contributed by atoms with E-state index in [0.29, 0.717) is 0 Å². The van der Waals surface area contributed by atoms with E-state index in [4.69, 9.17) is 0 Å². The molecule has 16 heavy (non-hydrogen) atoms. The lowest BCUT2D eigenvalue weighted by atomic mass is 9.78. The molecule has 0 spiro atoms. The molecule has 0 nitrogen and oxygen atoms in total. The van der Waals surface area contributed by atoms with Gasteiger partial charge in [-0.25, -0.2) is 0 Å². The first-order chi connectivity index (χ1) is 7.61. The molecule has 0 atom stereocenters. The molecule has 1 aliphatic carbocycles. The maximum atomic E-state index is 2.34. The van der Waals surface area contributed by atoms with Crippen molar-refractivity contribution < 1.29 is 0 Å². The van der Waals surface area contributed by atoms with Crippen LogP contribution >= 0.6 is 0 Å². The lowest BCUT2D eigenvalue weighted by Crippen LogP contribution is -2.10. The van der Waals surface area contributed by atoms with Crippen LogP contribution in [0.5, 0.6) is 0 Å². The first kappa shape index (κ1) is 11.7. The third kappa shape index (κ3) is 2.03. The van der Waals surface area contributed by atoms with Crippen molar-refractivity contribution in [2.45, 2.75) is 65.7 Å². The summed E-state index contributed by atoms with van der Waals surface area (Å²) < 4.78 is 0. The molecule has 88 valence electrons. The van der Waals surface area contributed by atoms with Gasteiger partial charge >= 0.3 is 0 Å². The lowest BCUT2D eigenvalue weighted by Gasteiger charge is -2.27. The molecule has 0 radical (unpaired) electrons. The average Bonchev–Trinajstić information content (AvgIpc) is 2.28. The van der Waals surface area contributed by atoms with Gasteiger partial charge in [0.05, 0.1) is 0 Å². The normalized spacial score (nSPS) is 17.8. The summed E-state index contributed by atoms with van der Waals surface area (Å²) >= 11 is 0. The fourth-order valence-corrected chi connectivity index (χ4v) is 3.25. The molecule has 0 amide bonds. The minimum absolute atomic E-state index is 0.840. The zero-order valence-electron chi connectivity index (χ0n) is 11.2. The molecule has 1 aromatic rings. The van der Waals surface area contributed by atoms with Crippen LogP contribution < -0.4 is 0 Å². The number of rotatable bonds is 1. The Morgan fingerprint density at radius 1 is 0.812 bits per heavy atom. The van der Waals surface area contributed by atoms with Crippen molar-refractivity contribution in [2.24, 2.45) is 0 Å². The Bertz CT molecular complexity index is 355. The van der Waals surface area contributed by atoms with Gasteiger partial charge in [0.1, 0.15) is 0 Å². The summed E-state index contributed by atoms with van der Waals surface area (Å²) in [5.41, 5.74) is 7.73. The molecule has 1 saturated carbocycles. The highest BCUT2D eigenvalue weighted by Gasteiger charge is 2.20. The fraction of sp³-hybridized carbons (Fsp3) is 0.625. The van der Waals surface area contributed by atoms with Crippen molar-refractivity contribution in [1.82, 2.24) is 0 Å². The SMILES string of the molecule is Cc1cc(C)c(C)c(C2CCCCC2)c1C. The molecular formula is C16H24. The van der Waals surface area contributed by atoms with Gasteiger partial charge in [0, 0.05) is 0 Å². The van der Waals surface area contributed by atoms with Gasteiger partial charge in [0.15, 0.2) is 0 Å². The molecule has 0 aromatic heterocycles. The van der Waals surface area contributed by atoms with E-state index in [-0.39, 0.29) is 0 Å². The lowest BCUT2D eigenvalue weighted by molar-refractivity contribution is 0.441. The minimum Gasteiger partial charge on any atom is -0.0558 e. The van der Waals surface area contributed by atoms with Crippen molar-refractivity contribution in [3.8, 4) is 0 Å². The Kier molecular flexibility index (Phi) is 3.37. The summed E-state index contributed by atoms with van der Waals surface area (Å²) in [5.74, 6) is 0.840. The topological polar surface area (TPSA) is 0 Å². The van der Waals surface area contributed by atoms with E-state index in [0.717, 1.165) is 5.92 Å². The Balaban J connectivity index is 2.45. The second-order valence-corrected chi connectivity index (χ2v) is 5.51. The summed E-state index contributed by atoms with van der Waals surface area (Å²) in [7, 11) is 0. The molecule has 0 N–H and O–H groups in total. The predicted octanol–water partition coefficient (Wildman–Crippen LogP) is 4.97. The van der Waals surface area contributed by atoms with Gasteiger partial charge in [-0.05, 0) is 74.3 Å². The molecule has 0 heterocycles. The van der Waals surface area contributed by atoms with Crippen molar-refractivity contribution in [2.75, 3.05) is 0 Å². The van der Waals surface area contributed by atoms with Crippen LogP contribution in [-0.2, 0) is 0 Å². The first-order valence-corrected chi connectivity index (χ1v) is 6.68. The third-order valence-corrected chi connectivity index (χ3v) is 4.44. The molecule has 0 unspecified atom stereocenters. The van der Waals surface area contributed by atoms with Gasteiger partial charge in [-0.3, -0.25) is 0 Å². The fourth-order valence-electron chi connectivity index (χ4n) is 3.25. The van der Waals surface area contributed by atoms with Gasteiger partial charge in [0.25, 0.3) is 0 Å². The minimum atomic E-state index is 0.840. The highest BCUT2D eigenvalue weighted by molar-refractivity contribution is 5.46. The van der Waals surface area contributed by atoms with Gasteiger partial charge < -0.3 is 0 Å². The second kappa shape index (κ2) is 4.61. The van der Waals surface area contributed by atoms with Crippen molar-refractivity contribution in [1.29, 1.82) is 0 Å². The van der Waals surface area contributed by atoms with Crippen LogP contribution in [0.1, 0.15) is 65.8 Å². The Morgan fingerprint density at radius 3 is 1.81 bits per heavy atom. The maximum Gasteiger partial charge on any atom is -0.0157 e. The van der Waals surface area contributed by atoms with E-state index < -0.39 is 0 Å². The second-order valence-electron chi connectivity index (χ2n) is 5.51. The van der Waals surface area contributed by atoms with Gasteiger partial charge in [0.2, 0.25) is 0 Å². The van der Waals surface area contributed by atoms with Crippen LogP contribution in [0.25, 0.3) is 0 Å². The van der Waals surface area contributed by atoms with Gasteiger partial charge in [-0.1, -0.05) is 25.3 Å². The van der Waals surface area contributed by atoms with Crippen LogP contribution in [0.4, 0.5) is 0 Å². The number of hydrogen-bond acceptors (Lipinski definition) is 0. The summed E-state index contributed by atoms with van der Waals surface area (Å²) in [6.45, 7) is 9.14. The van der Waals surface area contributed by atoms with Crippen molar-refractivity contribution in [3.63, 3.8) is 0 Å². The van der Waals surface area contributed by atoms with E-state index in [9.17, 15) is 0 Å². The number of aryl methyl sites for hydroxylation is 2. The molecule has 1 aromatic carbocycles. The number of benzene rings is 1. The Labute approximate surface area is 100 Å². The van der Waals surface area contributed by atoms with Crippen LogP contribution in [0.3, 0.4) is 0 Å². The molecule has 1 fully saturated rings. The quantitative estimate of drug-likeness (QED) is 0.622. The van der Waals surface area contributed by atoms with Crippen LogP contribution in [-0.4, -0.2) is 0 Å². The van der Waals surface area contributed by atoms with Crippen LogP contribution in [0.2, 0.25) is 0 Å². The van der Waals surface area contributed by atoms with E-state index in [1.165, 1.54) is 43.2 Å². The zero-order chi connectivity index (χ0) is 11.7. The zero-order valence-corrected chi connectivity index (χ0v) is 11.2. The van der Waals surface area contributed by atoms with Crippen LogP contribution in [0.15, 0.2) is 6.07 Å². The van der Waals surface area contributed by atoms with Crippen LogP contribution in [0, 0.1) is 27.7 Å². The first-order valence-electron chi connectivity index (χ1n) is 6.68. The maximum absolute atomic E-state index is 2.34. The Morgan fingerprint density at radius 2 is 1.31 bits per heavy atom. The summed E-state index contributed by atoms with van der Waals surface area (Å²) in [5, 5.41) is 0. The monoisotopic (exact) mass is 216 g/mol.